The van der Waals surface area contributed by atoms with Crippen LogP contribution in [0.5, 0.6) is 0 Å². The fourth-order valence-corrected chi connectivity index (χ4v) is 3.48. The molecule has 0 atom stereocenters. The van der Waals surface area contributed by atoms with Crippen LogP contribution in [0.1, 0.15) is 16.7 Å². The normalized spacial score (nSPS) is 13.4. The van der Waals surface area contributed by atoms with Gasteiger partial charge >= 0.3 is 0 Å². The Hall–Kier alpha value is -1.22. The highest BCUT2D eigenvalue weighted by atomic mass is 32.2. The van der Waals surface area contributed by atoms with Crippen LogP contribution in [0.4, 0.5) is 0 Å². The Kier molecular flexibility index (Phi) is 2.11. The van der Waals surface area contributed by atoms with Gasteiger partial charge in [-0.25, -0.2) is 0 Å². The van der Waals surface area contributed by atoms with E-state index in [0.29, 0.717) is 0 Å². The molecule has 0 radical (unpaired) electrons. The zero-order valence-corrected chi connectivity index (χ0v) is 10.6. The number of thioether (sulfide) groups is 1. The van der Waals surface area contributed by atoms with Crippen molar-refractivity contribution in [1.82, 2.24) is 9.78 Å². The summed E-state index contributed by atoms with van der Waals surface area (Å²) in [4.78, 5) is 1.41. The van der Waals surface area contributed by atoms with Gasteiger partial charge in [0.2, 0.25) is 0 Å². The molecule has 2 nitrogen and oxygen atoms in total. The lowest BCUT2D eigenvalue weighted by molar-refractivity contribution is 0.770. The summed E-state index contributed by atoms with van der Waals surface area (Å²) < 4.78 is 1.92. The minimum absolute atomic E-state index is 1.04. The Morgan fingerprint density at radius 3 is 2.81 bits per heavy atom. The lowest BCUT2D eigenvalue weighted by atomic mass is 10.0. The van der Waals surface area contributed by atoms with Crippen molar-refractivity contribution in [3.05, 3.63) is 35.0 Å². The van der Waals surface area contributed by atoms with Crippen LogP contribution in [0.3, 0.4) is 0 Å². The summed E-state index contributed by atoms with van der Waals surface area (Å²) in [5.41, 5.74) is 6.56. The second kappa shape index (κ2) is 3.39. The summed E-state index contributed by atoms with van der Waals surface area (Å²) in [6.07, 6.45) is 2.13. The Bertz CT molecular complexity index is 570. The Labute approximate surface area is 99.7 Å². The molecule has 1 aromatic heterocycles. The van der Waals surface area contributed by atoms with E-state index < -0.39 is 0 Å². The predicted molar refractivity (Wildman–Crippen MR) is 67.7 cm³/mol. The van der Waals surface area contributed by atoms with Gasteiger partial charge in [0.05, 0.1) is 5.69 Å². The summed E-state index contributed by atoms with van der Waals surface area (Å²) in [6.45, 7) is 4.35. The van der Waals surface area contributed by atoms with Crippen molar-refractivity contribution < 1.29 is 0 Å². The molecular formula is C13H14N2S. The van der Waals surface area contributed by atoms with Crippen LogP contribution in [-0.2, 0) is 12.8 Å². The monoisotopic (exact) mass is 230 g/mol. The first-order chi connectivity index (χ1) is 7.66. The first-order valence-electron chi connectivity index (χ1n) is 5.42. The van der Waals surface area contributed by atoms with Crippen LogP contribution in [-0.4, -0.2) is 9.78 Å². The third kappa shape index (κ3) is 1.31. The largest absolute Gasteiger partial charge is 0.275 e. The summed E-state index contributed by atoms with van der Waals surface area (Å²) >= 11 is 1.93. The lowest BCUT2D eigenvalue weighted by Crippen LogP contribution is -1.99. The molecular weight excluding hydrogens is 216 g/mol. The molecule has 82 valence electrons. The van der Waals surface area contributed by atoms with E-state index in [-0.39, 0.29) is 0 Å². The maximum Gasteiger partial charge on any atom is 0.0977 e. The summed E-state index contributed by atoms with van der Waals surface area (Å²) in [7, 11) is 1.99. The maximum absolute atomic E-state index is 4.60. The maximum atomic E-state index is 4.60. The molecule has 0 aliphatic carbocycles. The molecule has 2 aromatic rings. The van der Waals surface area contributed by atoms with E-state index in [4.69, 9.17) is 0 Å². The van der Waals surface area contributed by atoms with Crippen LogP contribution in [0.15, 0.2) is 23.2 Å². The molecule has 0 spiro atoms. The first-order valence-corrected chi connectivity index (χ1v) is 6.41. The molecule has 0 fully saturated rings. The quantitative estimate of drug-likeness (QED) is 0.691. The number of rotatable bonds is 0. The van der Waals surface area contributed by atoms with Gasteiger partial charge in [-0.1, -0.05) is 12.1 Å². The van der Waals surface area contributed by atoms with Crippen molar-refractivity contribution in [2.75, 3.05) is 0 Å². The Morgan fingerprint density at radius 1 is 1.25 bits per heavy atom. The van der Waals surface area contributed by atoms with Gasteiger partial charge in [0.1, 0.15) is 0 Å². The molecule has 0 unspecified atom stereocenters. The first kappa shape index (κ1) is 9.97. The van der Waals surface area contributed by atoms with E-state index in [1.54, 1.807) is 0 Å². The average molecular weight is 230 g/mol. The summed E-state index contributed by atoms with van der Waals surface area (Å²) in [5, 5.41) is 4.60. The predicted octanol–water partition coefficient (Wildman–Crippen LogP) is 3.31. The van der Waals surface area contributed by atoms with Gasteiger partial charge in [-0.3, -0.25) is 4.68 Å². The Morgan fingerprint density at radius 2 is 2.00 bits per heavy atom. The molecule has 1 aromatic carbocycles. The van der Waals surface area contributed by atoms with Crippen LogP contribution < -0.4 is 0 Å². The minimum atomic E-state index is 1.04. The van der Waals surface area contributed by atoms with Crippen molar-refractivity contribution in [3.8, 4) is 11.3 Å². The van der Waals surface area contributed by atoms with Gasteiger partial charge in [-0.05, 0) is 25.0 Å². The fourth-order valence-electron chi connectivity index (χ4n) is 2.27. The molecule has 1 aliphatic rings. The van der Waals surface area contributed by atoms with Crippen LogP contribution in [0.25, 0.3) is 11.3 Å². The number of aromatic nitrogens is 2. The molecule has 3 rings (SSSR count). The molecule has 16 heavy (non-hydrogen) atoms. The van der Waals surface area contributed by atoms with Crippen molar-refractivity contribution in [1.29, 1.82) is 0 Å². The zero-order chi connectivity index (χ0) is 11.3. The van der Waals surface area contributed by atoms with Crippen molar-refractivity contribution >= 4 is 11.8 Å². The third-order valence-electron chi connectivity index (χ3n) is 3.08. The molecule has 0 N–H and O–H groups in total. The topological polar surface area (TPSA) is 17.8 Å². The second-order valence-corrected chi connectivity index (χ2v) is 5.35. The van der Waals surface area contributed by atoms with Gasteiger partial charge in [0, 0.05) is 35.0 Å². The Balaban J connectivity index is 2.34. The highest BCUT2D eigenvalue weighted by Gasteiger charge is 2.22. The van der Waals surface area contributed by atoms with Crippen LogP contribution in [0, 0.1) is 13.8 Å². The number of hydrogen-bond donors (Lipinski definition) is 0. The zero-order valence-electron chi connectivity index (χ0n) is 9.74. The van der Waals surface area contributed by atoms with E-state index in [0.717, 1.165) is 5.75 Å². The van der Waals surface area contributed by atoms with E-state index in [2.05, 4.69) is 37.3 Å². The second-order valence-electron chi connectivity index (χ2n) is 4.37. The molecule has 3 heteroatoms. The highest BCUT2D eigenvalue weighted by molar-refractivity contribution is 7.98. The van der Waals surface area contributed by atoms with Gasteiger partial charge in [-0.2, -0.15) is 5.10 Å². The SMILES string of the molecule is Cc1ccc(C)c2c1SCc1cn(C)nc1-2. The van der Waals surface area contributed by atoms with Crippen molar-refractivity contribution in [2.45, 2.75) is 24.5 Å². The molecule has 0 amide bonds. The van der Waals surface area contributed by atoms with E-state index in [1.165, 1.54) is 32.8 Å². The molecule has 0 saturated heterocycles. The van der Waals surface area contributed by atoms with E-state index in [1.807, 2.05) is 23.5 Å². The molecule has 0 bridgehead atoms. The van der Waals surface area contributed by atoms with Crippen LogP contribution in [0.2, 0.25) is 0 Å². The standard InChI is InChI=1S/C13H14N2S/c1-8-4-5-9(2)13-11(8)12-10(7-16-13)6-15(3)14-12/h4-6H,7H2,1-3H3. The smallest absolute Gasteiger partial charge is 0.0977 e. The molecule has 1 aliphatic heterocycles. The van der Waals surface area contributed by atoms with Gasteiger partial charge < -0.3 is 0 Å². The van der Waals surface area contributed by atoms with Gasteiger partial charge in [-0.15, -0.1) is 11.8 Å². The van der Waals surface area contributed by atoms with E-state index >= 15 is 0 Å². The number of hydrogen-bond acceptors (Lipinski definition) is 2. The third-order valence-corrected chi connectivity index (χ3v) is 4.35. The van der Waals surface area contributed by atoms with Crippen LogP contribution >= 0.6 is 11.8 Å². The van der Waals surface area contributed by atoms with Gasteiger partial charge in [0.25, 0.3) is 0 Å². The molecule has 0 saturated carbocycles. The van der Waals surface area contributed by atoms with Crippen molar-refractivity contribution in [3.63, 3.8) is 0 Å². The lowest BCUT2D eigenvalue weighted by Gasteiger charge is -2.18. The number of benzene rings is 1. The number of nitrogens with zero attached hydrogens (tertiary/aromatic N) is 2. The number of aryl methyl sites for hydroxylation is 3. The van der Waals surface area contributed by atoms with E-state index in [9.17, 15) is 0 Å². The van der Waals surface area contributed by atoms with Crippen molar-refractivity contribution in [2.24, 2.45) is 7.05 Å². The molecule has 2 heterocycles. The highest BCUT2D eigenvalue weighted by Crippen LogP contribution is 2.43. The summed E-state index contributed by atoms with van der Waals surface area (Å²) in [5.74, 6) is 1.04. The van der Waals surface area contributed by atoms with Gasteiger partial charge in [0.15, 0.2) is 0 Å². The summed E-state index contributed by atoms with van der Waals surface area (Å²) in [6, 6.07) is 4.40. The fraction of sp³-hybridized carbons (Fsp3) is 0.308. The average Bonchev–Trinajstić information content (AvgIpc) is 2.63. The minimum Gasteiger partial charge on any atom is -0.275 e. The number of fused-ring (bicyclic) bond motifs is 3.